The highest BCUT2D eigenvalue weighted by atomic mass is 35.5. The molecule has 20 heavy (non-hydrogen) atoms. The van der Waals surface area contributed by atoms with Gasteiger partial charge in [-0.3, -0.25) is 0 Å². The molecule has 3 N–H and O–H groups in total. The second kappa shape index (κ2) is 5.88. The van der Waals surface area contributed by atoms with Gasteiger partial charge in [-0.25, -0.2) is 4.98 Å². The number of hydrogen-bond acceptors (Lipinski definition) is 4. The van der Waals surface area contributed by atoms with Crippen molar-refractivity contribution in [3.63, 3.8) is 0 Å². The monoisotopic (exact) mass is 297 g/mol. The lowest BCUT2D eigenvalue weighted by Crippen LogP contribution is -2.52. The lowest BCUT2D eigenvalue weighted by molar-refractivity contribution is -0.0448. The molecule has 1 aliphatic rings. The molecule has 0 aliphatic heterocycles. The number of aliphatic hydroxyl groups is 1. The SMILES string of the molecule is CC1CCCC(C(O)c2cc(Cl)cnc2N)(N(C)C)C1. The van der Waals surface area contributed by atoms with Crippen LogP contribution in [-0.2, 0) is 0 Å². The van der Waals surface area contributed by atoms with Crippen LogP contribution in [0.4, 0.5) is 5.82 Å². The molecule has 2 rings (SSSR count). The molecule has 3 atom stereocenters. The highest BCUT2D eigenvalue weighted by Crippen LogP contribution is 2.45. The molecule has 5 heteroatoms. The quantitative estimate of drug-likeness (QED) is 0.900. The van der Waals surface area contributed by atoms with E-state index < -0.39 is 6.10 Å². The molecule has 1 heterocycles. The third-order valence-electron chi connectivity index (χ3n) is 4.62. The summed E-state index contributed by atoms with van der Waals surface area (Å²) in [4.78, 5) is 6.20. The Hall–Kier alpha value is -0.840. The number of rotatable bonds is 3. The fourth-order valence-electron chi connectivity index (χ4n) is 3.44. The predicted molar refractivity (Wildman–Crippen MR) is 82.7 cm³/mol. The minimum Gasteiger partial charge on any atom is -0.386 e. The fraction of sp³-hybridized carbons (Fsp3) is 0.667. The van der Waals surface area contributed by atoms with Crippen LogP contribution in [0.5, 0.6) is 0 Å². The maximum atomic E-state index is 11.0. The van der Waals surface area contributed by atoms with Crippen molar-refractivity contribution >= 4 is 17.4 Å². The van der Waals surface area contributed by atoms with Crippen molar-refractivity contribution in [2.45, 2.75) is 44.2 Å². The van der Waals surface area contributed by atoms with E-state index in [-0.39, 0.29) is 5.54 Å². The van der Waals surface area contributed by atoms with Gasteiger partial charge < -0.3 is 15.7 Å². The van der Waals surface area contributed by atoms with E-state index in [1.54, 1.807) is 6.07 Å². The zero-order valence-corrected chi connectivity index (χ0v) is 13.2. The summed E-state index contributed by atoms with van der Waals surface area (Å²) in [5.74, 6) is 0.954. The van der Waals surface area contributed by atoms with Crippen molar-refractivity contribution in [3.8, 4) is 0 Å². The molecule has 4 nitrogen and oxygen atoms in total. The van der Waals surface area contributed by atoms with Gasteiger partial charge in [0.1, 0.15) is 11.9 Å². The fourth-order valence-corrected chi connectivity index (χ4v) is 3.60. The van der Waals surface area contributed by atoms with Gasteiger partial charge >= 0.3 is 0 Å². The molecular formula is C15H24ClN3O. The Morgan fingerprint density at radius 2 is 2.25 bits per heavy atom. The first-order valence-corrected chi connectivity index (χ1v) is 7.51. The van der Waals surface area contributed by atoms with Crippen molar-refractivity contribution in [1.82, 2.24) is 9.88 Å². The first-order chi connectivity index (χ1) is 9.36. The average Bonchev–Trinajstić information content (AvgIpc) is 2.40. The maximum Gasteiger partial charge on any atom is 0.129 e. The van der Waals surface area contributed by atoms with Crippen LogP contribution in [0.15, 0.2) is 12.3 Å². The molecular weight excluding hydrogens is 274 g/mol. The molecule has 0 saturated heterocycles. The van der Waals surface area contributed by atoms with Crippen molar-refractivity contribution in [1.29, 1.82) is 0 Å². The number of likely N-dealkylation sites (N-methyl/N-ethyl adjacent to an activating group) is 1. The van der Waals surface area contributed by atoms with E-state index in [9.17, 15) is 5.11 Å². The summed E-state index contributed by atoms with van der Waals surface area (Å²) in [7, 11) is 4.05. The van der Waals surface area contributed by atoms with Crippen molar-refractivity contribution in [2.24, 2.45) is 5.92 Å². The molecule has 1 fully saturated rings. The first-order valence-electron chi connectivity index (χ1n) is 7.13. The highest BCUT2D eigenvalue weighted by Gasteiger charge is 2.44. The average molecular weight is 298 g/mol. The summed E-state index contributed by atoms with van der Waals surface area (Å²) in [6.45, 7) is 2.24. The number of aromatic nitrogens is 1. The second-order valence-corrected chi connectivity index (χ2v) is 6.67. The minimum absolute atomic E-state index is 0.294. The van der Waals surface area contributed by atoms with Gasteiger partial charge in [-0.15, -0.1) is 0 Å². The standard InChI is InChI=1S/C15H24ClN3O/c1-10-5-4-6-15(8-10,19(2)3)13(20)12-7-11(16)9-18-14(12)17/h7,9-10,13,20H,4-6,8H2,1-3H3,(H2,17,18). The van der Waals surface area contributed by atoms with Gasteiger partial charge in [0.25, 0.3) is 0 Å². The third kappa shape index (κ3) is 2.78. The first kappa shape index (κ1) is 15.5. The Balaban J connectivity index is 2.41. The summed E-state index contributed by atoms with van der Waals surface area (Å²) in [6.07, 6.45) is 5.07. The number of pyridine rings is 1. The van der Waals surface area contributed by atoms with E-state index >= 15 is 0 Å². The van der Waals surface area contributed by atoms with E-state index in [1.165, 1.54) is 12.6 Å². The normalized spacial score (nSPS) is 28.6. The molecule has 0 radical (unpaired) electrons. The molecule has 112 valence electrons. The van der Waals surface area contributed by atoms with Crippen LogP contribution in [0.2, 0.25) is 5.02 Å². The Morgan fingerprint density at radius 1 is 1.55 bits per heavy atom. The van der Waals surface area contributed by atoms with Crippen LogP contribution in [0.25, 0.3) is 0 Å². The van der Waals surface area contributed by atoms with Gasteiger partial charge in [-0.2, -0.15) is 0 Å². The Labute approximate surface area is 125 Å². The van der Waals surface area contributed by atoms with Crippen LogP contribution >= 0.6 is 11.6 Å². The largest absolute Gasteiger partial charge is 0.386 e. The zero-order chi connectivity index (χ0) is 14.9. The van der Waals surface area contributed by atoms with Crippen LogP contribution in [0, 0.1) is 5.92 Å². The number of anilines is 1. The minimum atomic E-state index is -0.675. The van der Waals surface area contributed by atoms with Crippen LogP contribution in [-0.4, -0.2) is 34.6 Å². The molecule has 0 spiro atoms. The van der Waals surface area contributed by atoms with Crippen LogP contribution in [0.1, 0.15) is 44.3 Å². The zero-order valence-electron chi connectivity index (χ0n) is 12.4. The van der Waals surface area contributed by atoms with Crippen molar-refractivity contribution in [2.75, 3.05) is 19.8 Å². The number of nitrogens with two attached hydrogens (primary N) is 1. The van der Waals surface area contributed by atoms with Gasteiger partial charge in [-0.1, -0.05) is 31.4 Å². The molecule has 1 aromatic rings. The van der Waals surface area contributed by atoms with Gasteiger partial charge in [0.2, 0.25) is 0 Å². The molecule has 0 aromatic carbocycles. The van der Waals surface area contributed by atoms with E-state index in [0.29, 0.717) is 22.3 Å². The van der Waals surface area contributed by atoms with E-state index in [0.717, 1.165) is 19.3 Å². The summed E-state index contributed by atoms with van der Waals surface area (Å²) < 4.78 is 0. The van der Waals surface area contributed by atoms with Gasteiger partial charge in [0, 0.05) is 11.8 Å². The summed E-state index contributed by atoms with van der Waals surface area (Å²) in [5, 5.41) is 11.5. The van der Waals surface area contributed by atoms with E-state index in [1.807, 2.05) is 14.1 Å². The number of halogens is 1. The Morgan fingerprint density at radius 3 is 2.85 bits per heavy atom. The highest BCUT2D eigenvalue weighted by molar-refractivity contribution is 6.30. The van der Waals surface area contributed by atoms with Crippen LogP contribution in [0.3, 0.4) is 0 Å². The number of nitrogen functional groups attached to an aromatic ring is 1. The van der Waals surface area contributed by atoms with E-state index in [2.05, 4.69) is 16.8 Å². The predicted octanol–water partition coefficient (Wildman–Crippen LogP) is 2.86. The van der Waals surface area contributed by atoms with Crippen LogP contribution < -0.4 is 5.73 Å². The van der Waals surface area contributed by atoms with Crippen molar-refractivity contribution < 1.29 is 5.11 Å². The Kier molecular flexibility index (Phi) is 4.57. The molecule has 3 unspecified atom stereocenters. The summed E-state index contributed by atoms with van der Waals surface area (Å²) in [5.41, 5.74) is 6.29. The molecule has 0 amide bonds. The number of hydrogen-bond donors (Lipinski definition) is 2. The second-order valence-electron chi connectivity index (χ2n) is 6.23. The summed E-state index contributed by atoms with van der Waals surface area (Å²) >= 11 is 6.01. The topological polar surface area (TPSA) is 62.4 Å². The maximum absolute atomic E-state index is 11.0. The number of nitrogens with zero attached hydrogens (tertiary/aromatic N) is 2. The van der Waals surface area contributed by atoms with Gasteiger partial charge in [0.15, 0.2) is 0 Å². The molecule has 1 aliphatic carbocycles. The van der Waals surface area contributed by atoms with Gasteiger partial charge in [-0.05, 0) is 38.9 Å². The van der Waals surface area contributed by atoms with E-state index in [4.69, 9.17) is 17.3 Å². The number of aliphatic hydroxyl groups excluding tert-OH is 1. The lowest BCUT2D eigenvalue weighted by Gasteiger charge is -2.48. The molecule has 0 bridgehead atoms. The summed E-state index contributed by atoms with van der Waals surface area (Å²) in [6, 6.07) is 1.74. The Bertz CT molecular complexity index is 480. The molecule has 1 saturated carbocycles. The third-order valence-corrected chi connectivity index (χ3v) is 4.83. The van der Waals surface area contributed by atoms with Crippen molar-refractivity contribution in [3.05, 3.63) is 22.8 Å². The molecule has 1 aromatic heterocycles. The lowest BCUT2D eigenvalue weighted by atomic mass is 9.71. The van der Waals surface area contributed by atoms with Gasteiger partial charge in [0.05, 0.1) is 10.6 Å². The smallest absolute Gasteiger partial charge is 0.129 e.